The molecular formula is C13H10BrFN2O. The molecular weight excluding hydrogens is 299 g/mol. The van der Waals surface area contributed by atoms with Crippen LogP contribution in [0.3, 0.4) is 0 Å². The maximum absolute atomic E-state index is 13.6. The normalized spacial score (nSPS) is 10.2. The number of hydrogen-bond donors (Lipinski definition) is 1. The third-order valence-corrected chi connectivity index (χ3v) is 2.90. The summed E-state index contributed by atoms with van der Waals surface area (Å²) in [4.78, 5) is 15.9. The summed E-state index contributed by atoms with van der Waals surface area (Å²) in [5.41, 5.74) is 1.17. The van der Waals surface area contributed by atoms with Gasteiger partial charge in [-0.15, -0.1) is 0 Å². The van der Waals surface area contributed by atoms with Crippen LogP contribution in [-0.4, -0.2) is 10.9 Å². The van der Waals surface area contributed by atoms with E-state index in [4.69, 9.17) is 0 Å². The molecule has 2 rings (SSSR count). The monoisotopic (exact) mass is 308 g/mol. The van der Waals surface area contributed by atoms with Crippen molar-refractivity contribution in [3.05, 3.63) is 58.1 Å². The molecule has 0 saturated carbocycles. The predicted octanol–water partition coefficient (Wildman–Crippen LogP) is 3.54. The molecule has 1 heterocycles. The average molecular weight is 309 g/mol. The molecule has 0 bridgehead atoms. The van der Waals surface area contributed by atoms with E-state index in [-0.39, 0.29) is 5.69 Å². The van der Waals surface area contributed by atoms with Crippen LogP contribution < -0.4 is 5.32 Å². The number of benzene rings is 1. The topological polar surface area (TPSA) is 42.0 Å². The molecule has 0 atom stereocenters. The molecule has 1 amide bonds. The van der Waals surface area contributed by atoms with Crippen molar-refractivity contribution in [2.24, 2.45) is 0 Å². The van der Waals surface area contributed by atoms with Gasteiger partial charge in [-0.3, -0.25) is 9.78 Å². The van der Waals surface area contributed by atoms with Crippen LogP contribution in [0.15, 0.2) is 41.0 Å². The van der Waals surface area contributed by atoms with Gasteiger partial charge in [-0.2, -0.15) is 0 Å². The van der Waals surface area contributed by atoms with Crippen molar-refractivity contribution in [1.29, 1.82) is 0 Å². The Bertz CT molecular complexity index is 601. The summed E-state index contributed by atoms with van der Waals surface area (Å²) in [5, 5.41) is 2.50. The number of nitrogens with one attached hydrogen (secondary N) is 1. The van der Waals surface area contributed by atoms with Gasteiger partial charge in [0.15, 0.2) is 0 Å². The molecule has 5 heteroatoms. The van der Waals surface area contributed by atoms with E-state index in [2.05, 4.69) is 26.2 Å². The number of rotatable bonds is 2. The summed E-state index contributed by atoms with van der Waals surface area (Å²) >= 11 is 3.15. The molecule has 0 spiro atoms. The van der Waals surface area contributed by atoms with E-state index in [1.165, 1.54) is 18.3 Å². The van der Waals surface area contributed by atoms with Crippen molar-refractivity contribution >= 4 is 27.5 Å². The van der Waals surface area contributed by atoms with Crippen molar-refractivity contribution in [3.8, 4) is 0 Å². The highest BCUT2D eigenvalue weighted by Crippen LogP contribution is 2.20. The third kappa shape index (κ3) is 2.73. The summed E-state index contributed by atoms with van der Waals surface area (Å²) in [7, 11) is 0. The molecule has 92 valence electrons. The van der Waals surface area contributed by atoms with Crippen molar-refractivity contribution in [1.82, 2.24) is 4.98 Å². The molecule has 0 fully saturated rings. The summed E-state index contributed by atoms with van der Waals surface area (Å²) in [6.45, 7) is 1.78. The van der Waals surface area contributed by atoms with Gasteiger partial charge in [0.05, 0.1) is 5.69 Å². The molecule has 0 radical (unpaired) electrons. The zero-order chi connectivity index (χ0) is 13.1. The summed E-state index contributed by atoms with van der Waals surface area (Å²) in [6, 6.07) is 7.96. The summed E-state index contributed by atoms with van der Waals surface area (Å²) < 4.78 is 14.2. The van der Waals surface area contributed by atoms with Crippen LogP contribution in [0.4, 0.5) is 10.1 Å². The molecule has 3 nitrogen and oxygen atoms in total. The van der Waals surface area contributed by atoms with E-state index >= 15 is 0 Å². The first-order valence-electron chi connectivity index (χ1n) is 5.26. The average Bonchev–Trinajstić information content (AvgIpc) is 2.33. The first-order chi connectivity index (χ1) is 8.58. The lowest BCUT2D eigenvalue weighted by atomic mass is 10.2. The fourth-order valence-corrected chi connectivity index (χ4v) is 1.83. The van der Waals surface area contributed by atoms with Gasteiger partial charge in [0.1, 0.15) is 11.5 Å². The first-order valence-corrected chi connectivity index (χ1v) is 6.05. The zero-order valence-corrected chi connectivity index (χ0v) is 11.2. The molecule has 0 saturated heterocycles. The lowest BCUT2D eigenvalue weighted by molar-refractivity contribution is 0.102. The van der Waals surface area contributed by atoms with E-state index in [0.29, 0.717) is 10.2 Å². The number of hydrogen-bond acceptors (Lipinski definition) is 2. The largest absolute Gasteiger partial charge is 0.318 e. The van der Waals surface area contributed by atoms with Crippen molar-refractivity contribution in [2.45, 2.75) is 6.92 Å². The maximum atomic E-state index is 13.6. The second kappa shape index (κ2) is 5.27. The van der Waals surface area contributed by atoms with Crippen molar-refractivity contribution in [2.75, 3.05) is 5.32 Å². The van der Waals surface area contributed by atoms with Gasteiger partial charge >= 0.3 is 0 Å². The fourth-order valence-electron chi connectivity index (χ4n) is 1.50. The van der Waals surface area contributed by atoms with Crippen LogP contribution in [0, 0.1) is 12.7 Å². The minimum atomic E-state index is -0.494. The van der Waals surface area contributed by atoms with Gasteiger partial charge in [0.25, 0.3) is 5.91 Å². The minimum absolute atomic E-state index is 0.133. The molecule has 18 heavy (non-hydrogen) atoms. The number of carbonyl (C=O) groups is 1. The number of pyridine rings is 1. The fraction of sp³-hybridized carbons (Fsp3) is 0.0769. The lowest BCUT2D eigenvalue weighted by Crippen LogP contribution is -2.15. The zero-order valence-electron chi connectivity index (χ0n) is 9.58. The Morgan fingerprint density at radius 1 is 1.39 bits per heavy atom. The highest BCUT2D eigenvalue weighted by atomic mass is 79.9. The second-order valence-electron chi connectivity index (χ2n) is 3.75. The van der Waals surface area contributed by atoms with E-state index in [0.717, 1.165) is 5.56 Å². The SMILES string of the molecule is Cc1cccnc1C(=O)Nc1ccc(Br)cc1F. The van der Waals surface area contributed by atoms with E-state index in [1.54, 1.807) is 25.1 Å². The smallest absolute Gasteiger partial charge is 0.274 e. The number of amides is 1. The standard InChI is InChI=1S/C13H10BrFN2O/c1-8-3-2-6-16-12(8)13(18)17-11-5-4-9(14)7-10(11)15/h2-7H,1H3,(H,17,18). The van der Waals surface area contributed by atoms with E-state index in [9.17, 15) is 9.18 Å². The maximum Gasteiger partial charge on any atom is 0.274 e. The molecule has 0 aliphatic heterocycles. The van der Waals surface area contributed by atoms with Gasteiger partial charge in [-0.05, 0) is 36.8 Å². The lowest BCUT2D eigenvalue weighted by Gasteiger charge is -2.07. The van der Waals surface area contributed by atoms with Crippen LogP contribution in [0.25, 0.3) is 0 Å². The van der Waals surface area contributed by atoms with E-state index < -0.39 is 11.7 Å². The number of nitrogens with zero attached hydrogens (tertiary/aromatic N) is 1. The Hall–Kier alpha value is -1.75. The molecule has 2 aromatic rings. The summed E-state index contributed by atoms with van der Waals surface area (Å²) in [5.74, 6) is -0.916. The van der Waals surface area contributed by atoms with Gasteiger partial charge in [-0.1, -0.05) is 22.0 Å². The predicted molar refractivity (Wildman–Crippen MR) is 71.0 cm³/mol. The molecule has 1 aromatic heterocycles. The van der Waals surface area contributed by atoms with Crippen molar-refractivity contribution in [3.63, 3.8) is 0 Å². The Morgan fingerprint density at radius 2 is 2.17 bits per heavy atom. The summed E-state index contributed by atoms with van der Waals surface area (Å²) in [6.07, 6.45) is 1.53. The van der Waals surface area contributed by atoms with Crippen LogP contribution in [0.5, 0.6) is 0 Å². The van der Waals surface area contributed by atoms with Crippen LogP contribution in [-0.2, 0) is 0 Å². The number of carbonyl (C=O) groups excluding carboxylic acids is 1. The Morgan fingerprint density at radius 3 is 2.83 bits per heavy atom. The number of aryl methyl sites for hydroxylation is 1. The molecule has 0 aliphatic rings. The second-order valence-corrected chi connectivity index (χ2v) is 4.66. The van der Waals surface area contributed by atoms with Gasteiger partial charge in [0.2, 0.25) is 0 Å². The highest BCUT2D eigenvalue weighted by Gasteiger charge is 2.12. The van der Waals surface area contributed by atoms with Gasteiger partial charge in [0, 0.05) is 10.7 Å². The Kier molecular flexibility index (Phi) is 3.72. The molecule has 0 aliphatic carbocycles. The molecule has 1 N–H and O–H groups in total. The minimum Gasteiger partial charge on any atom is -0.318 e. The van der Waals surface area contributed by atoms with Crippen LogP contribution >= 0.6 is 15.9 Å². The first kappa shape index (κ1) is 12.7. The van der Waals surface area contributed by atoms with Crippen LogP contribution in [0.2, 0.25) is 0 Å². The number of halogens is 2. The Labute approximate surface area is 112 Å². The molecule has 0 unspecified atom stereocenters. The van der Waals surface area contributed by atoms with Gasteiger partial charge < -0.3 is 5.32 Å². The van der Waals surface area contributed by atoms with Gasteiger partial charge in [-0.25, -0.2) is 4.39 Å². The Balaban J connectivity index is 2.24. The van der Waals surface area contributed by atoms with Crippen LogP contribution in [0.1, 0.15) is 16.1 Å². The number of anilines is 1. The molecule has 1 aromatic carbocycles. The number of aromatic nitrogens is 1. The van der Waals surface area contributed by atoms with E-state index in [1.807, 2.05) is 0 Å². The quantitative estimate of drug-likeness (QED) is 0.922. The third-order valence-electron chi connectivity index (χ3n) is 2.40. The highest BCUT2D eigenvalue weighted by molar-refractivity contribution is 9.10. The van der Waals surface area contributed by atoms with Crippen molar-refractivity contribution < 1.29 is 9.18 Å².